The number of pyridine rings is 1. The summed E-state index contributed by atoms with van der Waals surface area (Å²) in [5.41, 5.74) is 1.56. The van der Waals surface area contributed by atoms with Crippen molar-refractivity contribution < 1.29 is 19.1 Å². The molecule has 7 heteroatoms. The van der Waals surface area contributed by atoms with E-state index in [0.29, 0.717) is 37.4 Å². The second-order valence-electron chi connectivity index (χ2n) is 6.79. The molecule has 1 aromatic carbocycles. The lowest BCUT2D eigenvalue weighted by molar-refractivity contribution is -0.125. The van der Waals surface area contributed by atoms with Gasteiger partial charge in [-0.3, -0.25) is 14.6 Å². The first-order valence-electron chi connectivity index (χ1n) is 9.29. The van der Waals surface area contributed by atoms with Crippen molar-refractivity contribution in [2.45, 2.75) is 25.5 Å². The van der Waals surface area contributed by atoms with Gasteiger partial charge in [0.15, 0.2) is 0 Å². The first-order valence-corrected chi connectivity index (χ1v) is 9.29. The fourth-order valence-electron chi connectivity index (χ4n) is 3.30. The summed E-state index contributed by atoms with van der Waals surface area (Å²) in [5.74, 6) is 0.249. The van der Waals surface area contributed by atoms with Crippen molar-refractivity contribution in [1.82, 2.24) is 15.2 Å². The number of amides is 2. The number of aromatic nitrogens is 1. The Hall–Kier alpha value is -2.93. The van der Waals surface area contributed by atoms with E-state index in [1.165, 1.54) is 0 Å². The molecule has 1 fully saturated rings. The van der Waals surface area contributed by atoms with Crippen LogP contribution in [0.3, 0.4) is 0 Å². The molecule has 148 valence electrons. The van der Waals surface area contributed by atoms with Crippen molar-refractivity contribution in [2.24, 2.45) is 0 Å². The SMILES string of the molecule is COCCNC(=O)C1CC(Oc2cccnc2)CN1C(=O)c1cccc(C)c1. The molecule has 28 heavy (non-hydrogen) atoms. The van der Waals surface area contributed by atoms with Gasteiger partial charge >= 0.3 is 0 Å². The monoisotopic (exact) mass is 383 g/mol. The number of carbonyl (C=O) groups is 2. The Morgan fingerprint density at radius 2 is 2.14 bits per heavy atom. The minimum absolute atomic E-state index is 0.173. The van der Waals surface area contributed by atoms with Gasteiger partial charge in [0.05, 0.1) is 19.3 Å². The topological polar surface area (TPSA) is 80.8 Å². The number of nitrogens with zero attached hydrogens (tertiary/aromatic N) is 2. The van der Waals surface area contributed by atoms with Gasteiger partial charge in [-0.1, -0.05) is 17.7 Å². The van der Waals surface area contributed by atoms with E-state index < -0.39 is 6.04 Å². The smallest absolute Gasteiger partial charge is 0.254 e. The molecule has 0 spiro atoms. The van der Waals surface area contributed by atoms with Crippen LogP contribution in [0, 0.1) is 6.92 Å². The lowest BCUT2D eigenvalue weighted by atomic mass is 10.1. The van der Waals surface area contributed by atoms with Gasteiger partial charge in [0, 0.05) is 31.8 Å². The van der Waals surface area contributed by atoms with Crippen molar-refractivity contribution in [3.05, 3.63) is 59.9 Å². The maximum atomic E-state index is 13.1. The maximum absolute atomic E-state index is 13.1. The minimum atomic E-state index is -0.591. The highest BCUT2D eigenvalue weighted by atomic mass is 16.5. The standard InChI is InChI=1S/C21H25N3O4/c1-15-5-3-6-16(11-15)21(26)24-14-18(28-17-7-4-8-22-13-17)12-19(24)20(25)23-9-10-27-2/h3-8,11,13,18-19H,9-10,12,14H2,1-2H3,(H,23,25). The van der Waals surface area contributed by atoms with E-state index in [1.54, 1.807) is 36.5 Å². The van der Waals surface area contributed by atoms with Crippen molar-refractivity contribution in [1.29, 1.82) is 0 Å². The van der Waals surface area contributed by atoms with E-state index in [9.17, 15) is 9.59 Å². The molecule has 2 unspecified atom stereocenters. The fraction of sp³-hybridized carbons (Fsp3) is 0.381. The number of rotatable bonds is 7. The van der Waals surface area contributed by atoms with Gasteiger partial charge in [0.2, 0.25) is 5.91 Å². The number of likely N-dealkylation sites (tertiary alicyclic amines) is 1. The number of ether oxygens (including phenoxy) is 2. The summed E-state index contributed by atoms with van der Waals surface area (Å²) < 4.78 is 10.9. The second kappa shape index (κ2) is 9.32. The highest BCUT2D eigenvalue weighted by Gasteiger charge is 2.41. The number of carbonyl (C=O) groups excluding carboxylic acids is 2. The minimum Gasteiger partial charge on any atom is -0.487 e. The number of methoxy groups -OCH3 is 1. The van der Waals surface area contributed by atoms with Gasteiger partial charge in [-0.2, -0.15) is 0 Å². The third-order valence-corrected chi connectivity index (χ3v) is 4.63. The zero-order chi connectivity index (χ0) is 19.9. The molecule has 2 heterocycles. The molecule has 0 saturated carbocycles. The van der Waals surface area contributed by atoms with Crippen LogP contribution in [0.15, 0.2) is 48.8 Å². The molecule has 1 aliphatic rings. The molecule has 0 radical (unpaired) electrons. The molecule has 1 saturated heterocycles. The first kappa shape index (κ1) is 19.8. The third-order valence-electron chi connectivity index (χ3n) is 4.63. The van der Waals surface area contributed by atoms with Crippen LogP contribution in [0.2, 0.25) is 0 Å². The van der Waals surface area contributed by atoms with Gasteiger partial charge in [0.25, 0.3) is 5.91 Å². The van der Waals surface area contributed by atoms with Gasteiger partial charge < -0.3 is 19.7 Å². The van der Waals surface area contributed by atoms with Gasteiger partial charge in [-0.15, -0.1) is 0 Å². The maximum Gasteiger partial charge on any atom is 0.254 e. The quantitative estimate of drug-likeness (QED) is 0.738. The predicted molar refractivity (Wildman–Crippen MR) is 104 cm³/mol. The lowest BCUT2D eigenvalue weighted by Crippen LogP contribution is -2.46. The number of hydrogen-bond acceptors (Lipinski definition) is 5. The number of hydrogen-bond donors (Lipinski definition) is 1. The molecule has 0 bridgehead atoms. The number of benzene rings is 1. The van der Waals surface area contributed by atoms with E-state index >= 15 is 0 Å². The molecule has 2 amide bonds. The average Bonchev–Trinajstić information content (AvgIpc) is 3.12. The Kier molecular flexibility index (Phi) is 6.60. The second-order valence-corrected chi connectivity index (χ2v) is 6.79. The van der Waals surface area contributed by atoms with Crippen molar-refractivity contribution in [3.8, 4) is 5.75 Å². The lowest BCUT2D eigenvalue weighted by Gasteiger charge is -2.23. The summed E-state index contributed by atoms with van der Waals surface area (Å²) in [7, 11) is 1.58. The molecule has 2 aromatic rings. The molecule has 1 aliphatic heterocycles. The molecule has 0 aliphatic carbocycles. The normalized spacial score (nSPS) is 18.7. The Labute approximate surface area is 164 Å². The highest BCUT2D eigenvalue weighted by molar-refractivity contribution is 5.98. The number of nitrogens with one attached hydrogen (secondary N) is 1. The fourth-order valence-corrected chi connectivity index (χ4v) is 3.30. The first-order chi connectivity index (χ1) is 13.6. The third kappa shape index (κ3) is 4.86. The average molecular weight is 383 g/mol. The molecular weight excluding hydrogens is 358 g/mol. The van der Waals surface area contributed by atoms with Gasteiger partial charge in [-0.05, 0) is 31.2 Å². The molecule has 1 N–H and O–H groups in total. The summed E-state index contributed by atoms with van der Waals surface area (Å²) in [4.78, 5) is 31.4. The van der Waals surface area contributed by atoms with Crippen LogP contribution in [-0.4, -0.2) is 60.7 Å². The van der Waals surface area contributed by atoms with Crippen LogP contribution < -0.4 is 10.1 Å². The largest absolute Gasteiger partial charge is 0.487 e. The summed E-state index contributed by atoms with van der Waals surface area (Å²) >= 11 is 0. The van der Waals surface area contributed by atoms with Crippen LogP contribution in [0.5, 0.6) is 5.75 Å². The summed E-state index contributed by atoms with van der Waals surface area (Å²) in [6.45, 7) is 3.08. The van der Waals surface area contributed by atoms with E-state index in [4.69, 9.17) is 9.47 Å². The Morgan fingerprint density at radius 3 is 2.86 bits per heavy atom. The van der Waals surface area contributed by atoms with Gasteiger partial charge in [0.1, 0.15) is 17.9 Å². The van der Waals surface area contributed by atoms with Crippen LogP contribution in [-0.2, 0) is 9.53 Å². The van der Waals surface area contributed by atoms with Crippen LogP contribution in [0.4, 0.5) is 0 Å². The van der Waals surface area contributed by atoms with E-state index in [2.05, 4.69) is 10.3 Å². The number of aryl methyl sites for hydroxylation is 1. The molecule has 7 nitrogen and oxygen atoms in total. The predicted octanol–water partition coefficient (Wildman–Crippen LogP) is 1.81. The highest BCUT2D eigenvalue weighted by Crippen LogP contribution is 2.25. The van der Waals surface area contributed by atoms with E-state index in [1.807, 2.05) is 31.2 Å². The molecule has 2 atom stereocenters. The molecular formula is C21H25N3O4. The van der Waals surface area contributed by atoms with Crippen LogP contribution in [0.25, 0.3) is 0 Å². The van der Waals surface area contributed by atoms with Gasteiger partial charge in [-0.25, -0.2) is 0 Å². The molecule has 1 aromatic heterocycles. The van der Waals surface area contributed by atoms with E-state index in [0.717, 1.165) is 5.56 Å². The Balaban J connectivity index is 1.76. The van der Waals surface area contributed by atoms with Crippen molar-refractivity contribution >= 4 is 11.8 Å². The van der Waals surface area contributed by atoms with Crippen LogP contribution >= 0.6 is 0 Å². The zero-order valence-corrected chi connectivity index (χ0v) is 16.1. The van der Waals surface area contributed by atoms with Crippen LogP contribution in [0.1, 0.15) is 22.3 Å². The summed E-state index contributed by atoms with van der Waals surface area (Å²) in [6.07, 6.45) is 3.43. The summed E-state index contributed by atoms with van der Waals surface area (Å²) in [6, 6.07) is 10.4. The zero-order valence-electron chi connectivity index (χ0n) is 16.1. The van der Waals surface area contributed by atoms with E-state index in [-0.39, 0.29) is 17.9 Å². The summed E-state index contributed by atoms with van der Waals surface area (Å²) in [5, 5.41) is 2.83. The van der Waals surface area contributed by atoms with Crippen molar-refractivity contribution in [2.75, 3.05) is 26.8 Å². The van der Waals surface area contributed by atoms with Crippen molar-refractivity contribution in [3.63, 3.8) is 0 Å². The Morgan fingerprint density at radius 1 is 1.29 bits per heavy atom. The Bertz CT molecular complexity index is 812. The molecule has 3 rings (SSSR count).